The summed E-state index contributed by atoms with van der Waals surface area (Å²) in [5.41, 5.74) is 0. The lowest BCUT2D eigenvalue weighted by atomic mass is 9.93. The first-order valence-corrected chi connectivity index (χ1v) is 12.8. The normalized spacial score (nSPS) is 27.4. The molecule has 0 aromatic rings. The van der Waals surface area contributed by atoms with Gasteiger partial charge in [0.25, 0.3) is 0 Å². The summed E-state index contributed by atoms with van der Waals surface area (Å²) in [5.74, 6) is 0. The summed E-state index contributed by atoms with van der Waals surface area (Å²) in [5, 5.41) is 7.75. The quantitative estimate of drug-likeness (QED) is 0.701. The van der Waals surface area contributed by atoms with E-state index in [0.29, 0.717) is 23.2 Å². The molecule has 2 aliphatic rings. The Morgan fingerprint density at radius 2 is 1.39 bits per heavy atom. The fourth-order valence-corrected chi connectivity index (χ4v) is 5.05. The smallest absolute Gasteiger partial charge is 0.192 e. The average Bonchev–Trinajstić information content (AvgIpc) is 2.47. The molecule has 136 valence electrons. The van der Waals surface area contributed by atoms with Crippen LogP contribution in [0.4, 0.5) is 0 Å². The average molecular weight is 341 g/mol. The van der Waals surface area contributed by atoms with Crippen molar-refractivity contribution in [3.05, 3.63) is 0 Å². The predicted octanol–water partition coefficient (Wildman–Crippen LogP) is 4.44. The van der Waals surface area contributed by atoms with Gasteiger partial charge in [-0.05, 0) is 69.7 Å². The number of piperidine rings is 2. The molecule has 2 N–H and O–H groups in total. The van der Waals surface area contributed by atoms with Crippen molar-refractivity contribution in [3.63, 3.8) is 0 Å². The van der Waals surface area contributed by atoms with Crippen molar-refractivity contribution >= 4 is 8.32 Å². The maximum absolute atomic E-state index is 6.87. The van der Waals surface area contributed by atoms with E-state index in [-0.39, 0.29) is 0 Å². The summed E-state index contributed by atoms with van der Waals surface area (Å²) in [7, 11) is -1.69. The zero-order valence-electron chi connectivity index (χ0n) is 16.2. The van der Waals surface area contributed by atoms with Gasteiger partial charge in [0.05, 0.1) is 0 Å². The Morgan fingerprint density at radius 1 is 0.913 bits per heavy atom. The van der Waals surface area contributed by atoms with Gasteiger partial charge in [-0.1, -0.05) is 33.6 Å². The van der Waals surface area contributed by atoms with E-state index in [4.69, 9.17) is 4.43 Å². The first kappa shape index (κ1) is 19.4. The number of hydrogen-bond donors (Lipinski definition) is 2. The fourth-order valence-electron chi connectivity index (χ4n) is 3.67. The highest BCUT2D eigenvalue weighted by Crippen LogP contribution is 2.38. The van der Waals surface area contributed by atoms with Gasteiger partial charge in [0.15, 0.2) is 8.32 Å². The standard InChI is InChI=1S/C19H40N2OSi/c1-19(2,3)23(4,5)22-18(14-16-10-6-8-12-20-16)15-17-11-7-9-13-21-17/h16-18,20-21H,6-15H2,1-5H3/t16-,17-/m1/s1. The van der Waals surface area contributed by atoms with E-state index in [1.807, 2.05) is 0 Å². The van der Waals surface area contributed by atoms with E-state index < -0.39 is 8.32 Å². The summed E-state index contributed by atoms with van der Waals surface area (Å²) in [6.07, 6.45) is 10.9. The monoisotopic (exact) mass is 340 g/mol. The van der Waals surface area contributed by atoms with E-state index >= 15 is 0 Å². The van der Waals surface area contributed by atoms with Gasteiger partial charge in [0, 0.05) is 18.2 Å². The molecule has 4 heteroatoms. The maximum atomic E-state index is 6.87. The van der Waals surface area contributed by atoms with Crippen LogP contribution in [0.1, 0.15) is 72.1 Å². The highest BCUT2D eigenvalue weighted by Gasteiger charge is 2.40. The van der Waals surface area contributed by atoms with Gasteiger partial charge in [-0.15, -0.1) is 0 Å². The Hall–Kier alpha value is 0.0969. The lowest BCUT2D eigenvalue weighted by molar-refractivity contribution is 0.124. The Balaban J connectivity index is 1.97. The Kier molecular flexibility index (Phi) is 7.14. The first-order chi connectivity index (χ1) is 10.8. The molecule has 0 aliphatic carbocycles. The molecule has 2 atom stereocenters. The van der Waals surface area contributed by atoms with Crippen LogP contribution in [0.3, 0.4) is 0 Å². The van der Waals surface area contributed by atoms with Crippen LogP contribution < -0.4 is 10.6 Å². The molecule has 2 fully saturated rings. The highest BCUT2D eigenvalue weighted by molar-refractivity contribution is 6.74. The van der Waals surface area contributed by atoms with Crippen LogP contribution in [0.15, 0.2) is 0 Å². The van der Waals surface area contributed by atoms with Crippen molar-refractivity contribution in [2.45, 2.75) is 108 Å². The van der Waals surface area contributed by atoms with Crippen LogP contribution >= 0.6 is 0 Å². The van der Waals surface area contributed by atoms with Crippen molar-refractivity contribution in [3.8, 4) is 0 Å². The van der Waals surface area contributed by atoms with Gasteiger partial charge >= 0.3 is 0 Å². The molecule has 0 aromatic carbocycles. The maximum Gasteiger partial charge on any atom is 0.192 e. The van der Waals surface area contributed by atoms with E-state index in [2.05, 4.69) is 44.5 Å². The largest absolute Gasteiger partial charge is 0.414 e. The third-order valence-corrected chi connectivity index (χ3v) is 10.7. The van der Waals surface area contributed by atoms with Crippen LogP contribution in [0.2, 0.25) is 18.1 Å². The molecule has 3 nitrogen and oxygen atoms in total. The number of nitrogens with one attached hydrogen (secondary N) is 2. The molecule has 0 saturated carbocycles. The zero-order valence-corrected chi connectivity index (χ0v) is 17.2. The summed E-state index contributed by atoms with van der Waals surface area (Å²) in [6, 6.07) is 1.34. The molecule has 0 spiro atoms. The first-order valence-electron chi connectivity index (χ1n) is 9.92. The van der Waals surface area contributed by atoms with Gasteiger partial charge in [-0.25, -0.2) is 0 Å². The van der Waals surface area contributed by atoms with Gasteiger partial charge in [0.2, 0.25) is 0 Å². The van der Waals surface area contributed by atoms with E-state index in [1.165, 1.54) is 64.5 Å². The Morgan fingerprint density at radius 3 is 1.74 bits per heavy atom. The summed E-state index contributed by atoms with van der Waals surface area (Å²) >= 11 is 0. The van der Waals surface area contributed by atoms with E-state index in [9.17, 15) is 0 Å². The predicted molar refractivity (Wildman–Crippen MR) is 103 cm³/mol. The third kappa shape index (κ3) is 6.15. The molecule has 0 unspecified atom stereocenters. The second kappa shape index (κ2) is 8.46. The molecular weight excluding hydrogens is 300 g/mol. The van der Waals surface area contributed by atoms with Gasteiger partial charge in [0.1, 0.15) is 0 Å². The van der Waals surface area contributed by atoms with Crippen molar-refractivity contribution in [1.29, 1.82) is 0 Å². The van der Waals surface area contributed by atoms with Crippen molar-refractivity contribution in [2.75, 3.05) is 13.1 Å². The van der Waals surface area contributed by atoms with E-state index in [0.717, 1.165) is 0 Å². The molecular formula is C19H40N2OSi. The van der Waals surface area contributed by atoms with Crippen LogP contribution in [-0.2, 0) is 4.43 Å². The molecule has 0 amide bonds. The van der Waals surface area contributed by atoms with E-state index in [1.54, 1.807) is 0 Å². The SMILES string of the molecule is CC(C)(C)[Si](C)(C)OC(C[C@H]1CCCCN1)C[C@H]1CCCCN1. The summed E-state index contributed by atoms with van der Waals surface area (Å²) < 4.78 is 6.87. The minimum absolute atomic E-state index is 0.297. The molecule has 0 radical (unpaired) electrons. The summed E-state index contributed by atoms with van der Waals surface area (Å²) in [6.45, 7) is 14.3. The van der Waals surface area contributed by atoms with Crippen LogP contribution in [0.5, 0.6) is 0 Å². The van der Waals surface area contributed by atoms with Crippen LogP contribution in [0, 0.1) is 0 Å². The van der Waals surface area contributed by atoms with Gasteiger partial charge < -0.3 is 15.1 Å². The lowest BCUT2D eigenvalue weighted by Crippen LogP contribution is -2.48. The molecule has 2 aliphatic heterocycles. The Labute approximate surface area is 145 Å². The molecule has 2 heterocycles. The fraction of sp³-hybridized carbons (Fsp3) is 1.00. The molecule has 2 rings (SSSR count). The van der Waals surface area contributed by atoms with Crippen molar-refractivity contribution in [2.24, 2.45) is 0 Å². The van der Waals surface area contributed by atoms with Crippen LogP contribution in [-0.4, -0.2) is 39.6 Å². The van der Waals surface area contributed by atoms with Crippen molar-refractivity contribution in [1.82, 2.24) is 10.6 Å². The second-order valence-electron chi connectivity index (χ2n) is 9.27. The van der Waals surface area contributed by atoms with Gasteiger partial charge in [-0.2, -0.15) is 0 Å². The molecule has 2 saturated heterocycles. The highest BCUT2D eigenvalue weighted by atomic mass is 28.4. The minimum atomic E-state index is -1.69. The molecule has 0 bridgehead atoms. The topological polar surface area (TPSA) is 33.3 Å². The minimum Gasteiger partial charge on any atom is -0.414 e. The number of rotatable bonds is 6. The number of hydrogen-bond acceptors (Lipinski definition) is 3. The zero-order chi connectivity index (χ0) is 16.9. The summed E-state index contributed by atoms with van der Waals surface area (Å²) in [4.78, 5) is 0. The second-order valence-corrected chi connectivity index (χ2v) is 14.0. The van der Waals surface area contributed by atoms with Crippen molar-refractivity contribution < 1.29 is 4.43 Å². The lowest BCUT2D eigenvalue weighted by Gasteiger charge is -2.41. The molecule has 23 heavy (non-hydrogen) atoms. The third-order valence-electron chi connectivity index (χ3n) is 6.19. The molecule has 0 aromatic heterocycles. The Bertz CT molecular complexity index is 322. The van der Waals surface area contributed by atoms with Crippen LogP contribution in [0.25, 0.3) is 0 Å². The van der Waals surface area contributed by atoms with Gasteiger partial charge in [-0.3, -0.25) is 0 Å².